The number of carbonyl (C=O) groups excluding carboxylic acids is 1. The summed E-state index contributed by atoms with van der Waals surface area (Å²) in [5, 5.41) is 3.23. The van der Waals surface area contributed by atoms with E-state index in [0.29, 0.717) is 18.7 Å². The average Bonchev–Trinajstić information content (AvgIpc) is 2.58. The van der Waals surface area contributed by atoms with Gasteiger partial charge in [-0.2, -0.15) is 13.2 Å². The second-order valence-electron chi connectivity index (χ2n) is 6.79. The Bertz CT molecular complexity index is 575. The third-order valence-electron chi connectivity index (χ3n) is 4.44. The second kappa shape index (κ2) is 10.1. The quantitative estimate of drug-likeness (QED) is 0.807. The van der Waals surface area contributed by atoms with E-state index in [-0.39, 0.29) is 30.8 Å². The number of amides is 1. The normalized spacial score (nSPS) is 15.6. The fourth-order valence-electron chi connectivity index (χ4n) is 2.98. The van der Waals surface area contributed by atoms with Crippen LogP contribution in [0.3, 0.4) is 0 Å². The molecule has 0 unspecified atom stereocenters. The van der Waals surface area contributed by atoms with Gasteiger partial charge in [0, 0.05) is 25.6 Å². The molecule has 1 aromatic carbocycles. The Morgan fingerprint density at radius 2 is 1.85 bits per heavy atom. The molecule has 1 aliphatic rings. The number of carbonyl (C=O) groups is 1. The second-order valence-corrected chi connectivity index (χ2v) is 6.79. The van der Waals surface area contributed by atoms with Crippen LogP contribution in [-0.4, -0.2) is 56.0 Å². The largest absolute Gasteiger partial charge is 0.416 e. The van der Waals surface area contributed by atoms with Crippen molar-refractivity contribution in [2.75, 3.05) is 40.3 Å². The Morgan fingerprint density at radius 3 is 2.42 bits per heavy atom. The van der Waals surface area contributed by atoms with Crippen molar-refractivity contribution >= 4 is 18.3 Å². The summed E-state index contributed by atoms with van der Waals surface area (Å²) in [5.41, 5.74) is -0.164. The third-order valence-corrected chi connectivity index (χ3v) is 4.44. The van der Waals surface area contributed by atoms with Crippen LogP contribution >= 0.6 is 12.4 Å². The maximum atomic E-state index is 12.9. The highest BCUT2D eigenvalue weighted by atomic mass is 35.5. The third kappa shape index (κ3) is 6.78. The first kappa shape index (κ1) is 22.7. The molecule has 1 aliphatic heterocycles. The van der Waals surface area contributed by atoms with Crippen molar-refractivity contribution in [1.29, 1.82) is 0 Å². The van der Waals surface area contributed by atoms with Crippen LogP contribution in [0.25, 0.3) is 0 Å². The standard InChI is InChI=1S/C18H26F3N3O.ClH/c1-23(2)10-11-24(17(25)15-6-8-22-9-7-15)13-14-4-3-5-16(12-14)18(19,20)21;/h3-5,12,15,22H,6-11,13H2,1-2H3;1H. The monoisotopic (exact) mass is 393 g/mol. The van der Waals surface area contributed by atoms with E-state index in [4.69, 9.17) is 0 Å². The van der Waals surface area contributed by atoms with Crippen molar-refractivity contribution in [1.82, 2.24) is 15.1 Å². The summed E-state index contributed by atoms with van der Waals surface area (Å²) < 4.78 is 38.7. The van der Waals surface area contributed by atoms with E-state index >= 15 is 0 Å². The van der Waals surface area contributed by atoms with Gasteiger partial charge in [-0.25, -0.2) is 0 Å². The van der Waals surface area contributed by atoms with Gasteiger partial charge < -0.3 is 15.1 Å². The van der Waals surface area contributed by atoms with Gasteiger partial charge in [0.1, 0.15) is 0 Å². The Balaban J connectivity index is 0.00000338. The van der Waals surface area contributed by atoms with Crippen molar-refractivity contribution < 1.29 is 18.0 Å². The lowest BCUT2D eigenvalue weighted by atomic mass is 9.96. The summed E-state index contributed by atoms with van der Waals surface area (Å²) in [5.74, 6) is -0.00465. The number of halogens is 4. The molecule has 0 aliphatic carbocycles. The van der Waals surface area contributed by atoms with E-state index in [2.05, 4.69) is 5.32 Å². The molecule has 1 fully saturated rings. The molecule has 8 heteroatoms. The lowest BCUT2D eigenvalue weighted by molar-refractivity contribution is -0.137. The van der Waals surface area contributed by atoms with Crippen LogP contribution < -0.4 is 5.32 Å². The zero-order valence-corrected chi connectivity index (χ0v) is 16.0. The molecule has 0 spiro atoms. The Hall–Kier alpha value is -1.31. The summed E-state index contributed by atoms with van der Waals surface area (Å²) in [6.45, 7) is 3.01. The molecule has 0 bridgehead atoms. The van der Waals surface area contributed by atoms with Gasteiger partial charge in [0.05, 0.1) is 5.56 Å². The molecule has 1 amide bonds. The van der Waals surface area contributed by atoms with Gasteiger partial charge in [-0.1, -0.05) is 12.1 Å². The first-order chi connectivity index (χ1) is 11.8. The molecule has 0 saturated carbocycles. The molecule has 1 heterocycles. The molecule has 26 heavy (non-hydrogen) atoms. The van der Waals surface area contributed by atoms with Gasteiger partial charge in [-0.05, 0) is 57.7 Å². The summed E-state index contributed by atoms with van der Waals surface area (Å²) in [6.07, 6.45) is -2.82. The van der Waals surface area contributed by atoms with E-state index in [1.807, 2.05) is 19.0 Å². The van der Waals surface area contributed by atoms with Crippen LogP contribution in [0.2, 0.25) is 0 Å². The zero-order valence-electron chi connectivity index (χ0n) is 15.2. The molecule has 0 radical (unpaired) electrons. The maximum absolute atomic E-state index is 12.9. The predicted molar refractivity (Wildman–Crippen MR) is 98.3 cm³/mol. The Morgan fingerprint density at radius 1 is 1.19 bits per heavy atom. The molecule has 0 atom stereocenters. The van der Waals surface area contributed by atoms with Crippen LogP contribution in [0.1, 0.15) is 24.0 Å². The molecular weight excluding hydrogens is 367 g/mol. The fraction of sp³-hybridized carbons (Fsp3) is 0.611. The van der Waals surface area contributed by atoms with E-state index in [9.17, 15) is 18.0 Å². The van der Waals surface area contributed by atoms with E-state index in [0.717, 1.165) is 38.1 Å². The van der Waals surface area contributed by atoms with E-state index < -0.39 is 11.7 Å². The van der Waals surface area contributed by atoms with Crippen LogP contribution in [0.4, 0.5) is 13.2 Å². The number of alkyl halides is 3. The van der Waals surface area contributed by atoms with Crippen molar-refractivity contribution in [3.63, 3.8) is 0 Å². The van der Waals surface area contributed by atoms with Gasteiger partial charge in [-0.15, -0.1) is 12.4 Å². The minimum Gasteiger partial charge on any atom is -0.337 e. The number of rotatable bonds is 6. The van der Waals surface area contributed by atoms with Gasteiger partial charge in [0.25, 0.3) is 0 Å². The van der Waals surface area contributed by atoms with E-state index in [1.54, 1.807) is 11.0 Å². The smallest absolute Gasteiger partial charge is 0.337 e. The van der Waals surface area contributed by atoms with Crippen LogP contribution in [-0.2, 0) is 17.5 Å². The van der Waals surface area contributed by atoms with Gasteiger partial charge >= 0.3 is 6.18 Å². The van der Waals surface area contributed by atoms with Gasteiger partial charge in [0.15, 0.2) is 0 Å². The Labute approximate surface area is 159 Å². The van der Waals surface area contributed by atoms with Crippen LogP contribution in [0.5, 0.6) is 0 Å². The molecule has 0 aromatic heterocycles. The molecule has 4 nitrogen and oxygen atoms in total. The molecule has 148 valence electrons. The topological polar surface area (TPSA) is 35.6 Å². The lowest BCUT2D eigenvalue weighted by Crippen LogP contribution is -2.43. The number of hydrogen-bond acceptors (Lipinski definition) is 3. The number of likely N-dealkylation sites (N-methyl/N-ethyl adjacent to an activating group) is 1. The summed E-state index contributed by atoms with van der Waals surface area (Å²) in [7, 11) is 3.83. The predicted octanol–water partition coefficient (Wildman–Crippen LogP) is 3.02. The van der Waals surface area contributed by atoms with Crippen molar-refractivity contribution in [3.05, 3.63) is 35.4 Å². The SMILES string of the molecule is CN(C)CCN(Cc1cccc(C(F)(F)F)c1)C(=O)C1CCNCC1.Cl. The molecule has 1 N–H and O–H groups in total. The molecule has 2 rings (SSSR count). The lowest BCUT2D eigenvalue weighted by Gasteiger charge is -2.30. The number of nitrogens with zero attached hydrogens (tertiary/aromatic N) is 2. The van der Waals surface area contributed by atoms with Gasteiger partial charge in [-0.3, -0.25) is 4.79 Å². The number of nitrogens with one attached hydrogen (secondary N) is 1. The fourth-order valence-corrected chi connectivity index (χ4v) is 2.98. The van der Waals surface area contributed by atoms with Crippen molar-refractivity contribution in [3.8, 4) is 0 Å². The maximum Gasteiger partial charge on any atom is 0.416 e. The van der Waals surface area contributed by atoms with Crippen molar-refractivity contribution in [2.45, 2.75) is 25.6 Å². The van der Waals surface area contributed by atoms with Crippen molar-refractivity contribution in [2.24, 2.45) is 5.92 Å². The van der Waals surface area contributed by atoms with Crippen LogP contribution in [0.15, 0.2) is 24.3 Å². The summed E-state index contributed by atoms with van der Waals surface area (Å²) in [6, 6.07) is 5.24. The minimum absolute atomic E-state index is 0. The van der Waals surface area contributed by atoms with Crippen LogP contribution in [0, 0.1) is 5.92 Å². The van der Waals surface area contributed by atoms with Gasteiger partial charge in [0.2, 0.25) is 5.91 Å². The number of piperidine rings is 1. The molecule has 1 aromatic rings. The van der Waals surface area contributed by atoms with E-state index in [1.165, 1.54) is 6.07 Å². The first-order valence-electron chi connectivity index (χ1n) is 8.57. The first-order valence-corrected chi connectivity index (χ1v) is 8.57. The Kier molecular flexibility index (Phi) is 8.86. The average molecular weight is 394 g/mol. The highest BCUT2D eigenvalue weighted by Crippen LogP contribution is 2.30. The number of benzene rings is 1. The highest BCUT2D eigenvalue weighted by molar-refractivity contribution is 5.85. The molecular formula is C18H27ClF3N3O. The summed E-state index contributed by atoms with van der Waals surface area (Å²) in [4.78, 5) is 16.5. The summed E-state index contributed by atoms with van der Waals surface area (Å²) >= 11 is 0. The number of hydrogen-bond donors (Lipinski definition) is 1. The molecule has 1 saturated heterocycles. The minimum atomic E-state index is -4.37. The zero-order chi connectivity index (χ0) is 18.4. The highest BCUT2D eigenvalue weighted by Gasteiger charge is 2.31.